The number of carbonyl (C=O) groups excluding carboxylic acids is 1. The van der Waals surface area contributed by atoms with E-state index in [9.17, 15) is 4.79 Å². The Morgan fingerprint density at radius 2 is 1.91 bits per heavy atom. The van der Waals surface area contributed by atoms with Crippen molar-refractivity contribution in [2.75, 3.05) is 61.1 Å². The number of hydrogen-bond donors (Lipinski definition) is 1. The number of nitrogens with one attached hydrogen (secondary N) is 1. The lowest BCUT2D eigenvalue weighted by Gasteiger charge is -2.29. The quantitative estimate of drug-likeness (QED) is 0.908. The summed E-state index contributed by atoms with van der Waals surface area (Å²) in [4.78, 5) is 16.5. The second kappa shape index (κ2) is 7.24. The molecule has 5 nitrogen and oxygen atoms in total. The van der Waals surface area contributed by atoms with Gasteiger partial charge in [0.05, 0.1) is 13.2 Å². The summed E-state index contributed by atoms with van der Waals surface area (Å²) in [6, 6.07) is 6.27. The first-order valence-corrected chi connectivity index (χ1v) is 8.96. The molecule has 2 heterocycles. The Hall–Kier alpha value is -1.40. The summed E-state index contributed by atoms with van der Waals surface area (Å²) in [6.45, 7) is 6.82. The summed E-state index contributed by atoms with van der Waals surface area (Å²) in [7, 11) is 0. The first kappa shape index (κ1) is 15.5. The fourth-order valence-corrected chi connectivity index (χ4v) is 3.67. The SMILES string of the molecule is Cc1cc(N2CCSCC2)ccc1NC(=O)N1CCOCC1. The molecule has 120 valence electrons. The second-order valence-electron chi connectivity index (χ2n) is 5.63. The van der Waals surface area contributed by atoms with Gasteiger partial charge in [-0.2, -0.15) is 11.8 Å². The van der Waals surface area contributed by atoms with Crippen LogP contribution in [0.15, 0.2) is 18.2 Å². The molecule has 0 bridgehead atoms. The van der Waals surface area contributed by atoms with Crippen LogP contribution < -0.4 is 10.2 Å². The van der Waals surface area contributed by atoms with Crippen LogP contribution in [0.25, 0.3) is 0 Å². The van der Waals surface area contributed by atoms with Gasteiger partial charge in [-0.3, -0.25) is 0 Å². The number of carbonyl (C=O) groups is 1. The summed E-state index contributed by atoms with van der Waals surface area (Å²) in [5, 5.41) is 3.02. The van der Waals surface area contributed by atoms with E-state index in [-0.39, 0.29) is 6.03 Å². The van der Waals surface area contributed by atoms with Crippen LogP contribution >= 0.6 is 11.8 Å². The van der Waals surface area contributed by atoms with Crippen LogP contribution in [0.2, 0.25) is 0 Å². The molecule has 22 heavy (non-hydrogen) atoms. The van der Waals surface area contributed by atoms with Crippen LogP contribution in [0.4, 0.5) is 16.2 Å². The third-order valence-electron chi connectivity index (χ3n) is 4.13. The third-order valence-corrected chi connectivity index (χ3v) is 5.07. The standard InChI is InChI=1S/C16H23N3O2S/c1-13-12-14(18-6-10-22-11-7-18)2-3-15(13)17-16(20)19-4-8-21-9-5-19/h2-3,12H,4-11H2,1H3,(H,17,20). The number of hydrogen-bond acceptors (Lipinski definition) is 4. The molecule has 1 aromatic rings. The van der Waals surface area contributed by atoms with E-state index in [0.29, 0.717) is 26.3 Å². The van der Waals surface area contributed by atoms with Gasteiger partial charge < -0.3 is 19.9 Å². The lowest BCUT2D eigenvalue weighted by molar-refractivity contribution is 0.0564. The number of morpholine rings is 1. The molecule has 2 amide bonds. The molecule has 2 fully saturated rings. The average molecular weight is 321 g/mol. The highest BCUT2D eigenvalue weighted by Crippen LogP contribution is 2.25. The molecule has 0 spiro atoms. The third kappa shape index (κ3) is 3.67. The summed E-state index contributed by atoms with van der Waals surface area (Å²) >= 11 is 2.01. The number of nitrogens with zero attached hydrogens (tertiary/aromatic N) is 2. The predicted molar refractivity (Wildman–Crippen MR) is 92.1 cm³/mol. The zero-order valence-corrected chi connectivity index (χ0v) is 13.8. The number of thioether (sulfide) groups is 1. The zero-order chi connectivity index (χ0) is 15.4. The van der Waals surface area contributed by atoms with Crippen LogP contribution in [0.3, 0.4) is 0 Å². The van der Waals surface area contributed by atoms with E-state index in [4.69, 9.17) is 4.74 Å². The molecule has 1 aromatic carbocycles. The van der Waals surface area contributed by atoms with E-state index >= 15 is 0 Å². The summed E-state index contributed by atoms with van der Waals surface area (Å²) in [6.07, 6.45) is 0. The van der Waals surface area contributed by atoms with Crippen LogP contribution in [0.5, 0.6) is 0 Å². The number of benzene rings is 1. The smallest absolute Gasteiger partial charge is 0.322 e. The van der Waals surface area contributed by atoms with Crippen molar-refractivity contribution in [3.8, 4) is 0 Å². The van der Waals surface area contributed by atoms with Gasteiger partial charge in [0.2, 0.25) is 0 Å². The Morgan fingerprint density at radius 1 is 1.18 bits per heavy atom. The number of amides is 2. The number of urea groups is 1. The Balaban J connectivity index is 1.65. The van der Waals surface area contributed by atoms with E-state index < -0.39 is 0 Å². The summed E-state index contributed by atoms with van der Waals surface area (Å²) in [5.41, 5.74) is 3.26. The minimum atomic E-state index is -0.0338. The van der Waals surface area contributed by atoms with Crippen molar-refractivity contribution < 1.29 is 9.53 Å². The van der Waals surface area contributed by atoms with Crippen molar-refractivity contribution in [1.82, 2.24) is 4.90 Å². The van der Waals surface area contributed by atoms with Crippen molar-refractivity contribution in [2.45, 2.75) is 6.92 Å². The normalized spacial score (nSPS) is 19.1. The highest BCUT2D eigenvalue weighted by molar-refractivity contribution is 7.99. The first-order chi connectivity index (χ1) is 10.7. The van der Waals surface area contributed by atoms with Gasteiger partial charge in [0.15, 0.2) is 0 Å². The molecule has 0 unspecified atom stereocenters. The van der Waals surface area contributed by atoms with Gasteiger partial charge >= 0.3 is 6.03 Å². The van der Waals surface area contributed by atoms with Gasteiger partial charge in [0.25, 0.3) is 0 Å². The van der Waals surface area contributed by atoms with E-state index in [1.165, 1.54) is 17.2 Å². The summed E-state index contributed by atoms with van der Waals surface area (Å²) < 4.78 is 5.28. The molecule has 1 N–H and O–H groups in total. The van der Waals surface area contributed by atoms with Crippen molar-refractivity contribution in [2.24, 2.45) is 0 Å². The zero-order valence-electron chi connectivity index (χ0n) is 13.0. The topological polar surface area (TPSA) is 44.8 Å². The minimum Gasteiger partial charge on any atom is -0.378 e. The van der Waals surface area contributed by atoms with E-state index in [1.54, 1.807) is 4.90 Å². The molecule has 2 saturated heterocycles. The average Bonchev–Trinajstić information content (AvgIpc) is 2.58. The maximum atomic E-state index is 12.3. The van der Waals surface area contributed by atoms with Crippen molar-refractivity contribution >= 4 is 29.2 Å². The van der Waals surface area contributed by atoms with Gasteiger partial charge in [-0.05, 0) is 30.7 Å². The maximum absolute atomic E-state index is 12.3. The highest BCUT2D eigenvalue weighted by atomic mass is 32.2. The Bertz CT molecular complexity index is 526. The first-order valence-electron chi connectivity index (χ1n) is 7.81. The molecular weight excluding hydrogens is 298 g/mol. The van der Waals surface area contributed by atoms with Crippen molar-refractivity contribution in [1.29, 1.82) is 0 Å². The molecule has 2 aliphatic rings. The molecule has 0 radical (unpaired) electrons. The Morgan fingerprint density at radius 3 is 2.59 bits per heavy atom. The molecule has 2 aliphatic heterocycles. The Kier molecular flexibility index (Phi) is 5.10. The molecule has 0 aromatic heterocycles. The predicted octanol–water partition coefficient (Wildman–Crippen LogP) is 2.41. The van der Waals surface area contributed by atoms with Crippen LogP contribution in [-0.2, 0) is 4.74 Å². The monoisotopic (exact) mass is 321 g/mol. The van der Waals surface area contributed by atoms with Gasteiger partial charge in [0, 0.05) is 49.1 Å². The van der Waals surface area contributed by atoms with Crippen LogP contribution in [-0.4, -0.2) is 61.8 Å². The van der Waals surface area contributed by atoms with Gasteiger partial charge in [0.1, 0.15) is 0 Å². The lowest BCUT2D eigenvalue weighted by Crippen LogP contribution is -2.43. The van der Waals surface area contributed by atoms with Crippen LogP contribution in [0.1, 0.15) is 5.56 Å². The fourth-order valence-electron chi connectivity index (χ4n) is 2.77. The van der Waals surface area contributed by atoms with Gasteiger partial charge in [-0.25, -0.2) is 4.79 Å². The fraction of sp³-hybridized carbons (Fsp3) is 0.562. The molecular formula is C16H23N3O2S. The van der Waals surface area contributed by atoms with E-state index in [0.717, 1.165) is 24.3 Å². The summed E-state index contributed by atoms with van der Waals surface area (Å²) in [5.74, 6) is 2.38. The number of anilines is 2. The second-order valence-corrected chi connectivity index (χ2v) is 6.85. The Labute approximate surface area is 136 Å². The maximum Gasteiger partial charge on any atom is 0.322 e. The largest absolute Gasteiger partial charge is 0.378 e. The molecule has 0 saturated carbocycles. The van der Waals surface area contributed by atoms with Crippen molar-refractivity contribution in [3.63, 3.8) is 0 Å². The molecule has 6 heteroatoms. The number of ether oxygens (including phenoxy) is 1. The molecule has 3 rings (SSSR count). The molecule has 0 aliphatic carbocycles. The lowest BCUT2D eigenvalue weighted by atomic mass is 10.1. The molecule has 0 atom stereocenters. The number of rotatable bonds is 2. The van der Waals surface area contributed by atoms with E-state index in [1.807, 2.05) is 17.8 Å². The van der Waals surface area contributed by atoms with Crippen LogP contribution in [0, 0.1) is 6.92 Å². The number of aryl methyl sites for hydroxylation is 1. The van der Waals surface area contributed by atoms with Gasteiger partial charge in [-0.1, -0.05) is 0 Å². The minimum absolute atomic E-state index is 0.0338. The van der Waals surface area contributed by atoms with E-state index in [2.05, 4.69) is 29.3 Å². The van der Waals surface area contributed by atoms with Gasteiger partial charge in [-0.15, -0.1) is 0 Å². The highest BCUT2D eigenvalue weighted by Gasteiger charge is 2.18. The van der Waals surface area contributed by atoms with Crippen molar-refractivity contribution in [3.05, 3.63) is 23.8 Å².